The van der Waals surface area contributed by atoms with Gasteiger partial charge < -0.3 is 10.2 Å². The van der Waals surface area contributed by atoms with Crippen molar-refractivity contribution in [2.75, 3.05) is 35.8 Å². The number of hydrogen-bond donors (Lipinski definition) is 2. The Hall–Kier alpha value is -2.57. The molecule has 152 valence electrons. The van der Waals surface area contributed by atoms with E-state index in [2.05, 4.69) is 28.8 Å². The number of piperazine rings is 1. The summed E-state index contributed by atoms with van der Waals surface area (Å²) in [4.78, 5) is 2.63. The van der Waals surface area contributed by atoms with Crippen molar-refractivity contribution < 1.29 is 8.42 Å². The summed E-state index contributed by atoms with van der Waals surface area (Å²) in [5.74, 6) is 0.223. The van der Waals surface area contributed by atoms with Gasteiger partial charge in [-0.15, -0.1) is 0 Å². The average Bonchev–Trinajstić information content (AvgIpc) is 2.73. The molecule has 1 aliphatic rings. The minimum atomic E-state index is -3.72. The molecule has 0 aliphatic carbocycles. The maximum Gasteiger partial charge on any atom is 0.262 e. The molecule has 1 heterocycles. The summed E-state index contributed by atoms with van der Waals surface area (Å²) < 4.78 is 29.5. The highest BCUT2D eigenvalue weighted by Gasteiger charge is 2.22. The van der Waals surface area contributed by atoms with Crippen LogP contribution in [0.3, 0.4) is 0 Å². The molecular formula is C23H27N3O2S. The van der Waals surface area contributed by atoms with Gasteiger partial charge in [0.1, 0.15) is 0 Å². The monoisotopic (exact) mass is 409 g/mol. The topological polar surface area (TPSA) is 61.4 Å². The van der Waals surface area contributed by atoms with Gasteiger partial charge in [0, 0.05) is 42.6 Å². The largest absolute Gasteiger partial charge is 0.368 e. The number of rotatable bonds is 5. The van der Waals surface area contributed by atoms with E-state index in [-0.39, 0.29) is 5.92 Å². The number of hydrogen-bond acceptors (Lipinski definition) is 4. The molecule has 1 aliphatic heterocycles. The molecule has 2 N–H and O–H groups in total. The lowest BCUT2D eigenvalue weighted by atomic mass is 10.0. The zero-order valence-electron chi connectivity index (χ0n) is 16.9. The summed E-state index contributed by atoms with van der Waals surface area (Å²) in [7, 11) is -3.72. The quantitative estimate of drug-likeness (QED) is 0.664. The molecule has 3 aromatic carbocycles. The van der Waals surface area contributed by atoms with Gasteiger partial charge in [-0.05, 0) is 29.7 Å². The van der Waals surface area contributed by atoms with Crippen molar-refractivity contribution in [2.24, 2.45) is 0 Å². The molecule has 0 spiro atoms. The smallest absolute Gasteiger partial charge is 0.262 e. The average molecular weight is 410 g/mol. The van der Waals surface area contributed by atoms with E-state index in [0.717, 1.165) is 48.2 Å². The molecule has 0 atom stereocenters. The van der Waals surface area contributed by atoms with Crippen LogP contribution in [-0.4, -0.2) is 34.6 Å². The molecule has 0 unspecified atom stereocenters. The third-order valence-electron chi connectivity index (χ3n) is 5.44. The van der Waals surface area contributed by atoms with Crippen molar-refractivity contribution in [3.8, 4) is 0 Å². The van der Waals surface area contributed by atoms with E-state index in [1.54, 1.807) is 6.07 Å². The van der Waals surface area contributed by atoms with Crippen LogP contribution in [0.4, 0.5) is 11.4 Å². The summed E-state index contributed by atoms with van der Waals surface area (Å²) in [5.41, 5.74) is 2.71. The van der Waals surface area contributed by atoms with Gasteiger partial charge in [0.05, 0.1) is 10.6 Å². The Labute approximate surface area is 172 Å². The fraction of sp³-hybridized carbons (Fsp3) is 0.304. The molecule has 5 nitrogen and oxygen atoms in total. The van der Waals surface area contributed by atoms with Crippen molar-refractivity contribution in [1.29, 1.82) is 0 Å². The molecule has 0 bridgehead atoms. The van der Waals surface area contributed by atoms with Crippen molar-refractivity contribution >= 4 is 32.2 Å². The molecule has 6 heteroatoms. The first-order valence-corrected chi connectivity index (χ1v) is 11.5. The van der Waals surface area contributed by atoms with E-state index in [0.29, 0.717) is 10.6 Å². The lowest BCUT2D eigenvalue weighted by Crippen LogP contribution is -2.43. The highest BCUT2D eigenvalue weighted by molar-refractivity contribution is 7.93. The van der Waals surface area contributed by atoms with E-state index in [1.807, 2.05) is 54.6 Å². The molecular weight excluding hydrogens is 382 g/mol. The number of para-hydroxylation sites is 1. The fourth-order valence-corrected chi connectivity index (χ4v) is 5.26. The van der Waals surface area contributed by atoms with Crippen LogP contribution < -0.4 is 14.9 Å². The Morgan fingerprint density at radius 3 is 2.28 bits per heavy atom. The summed E-state index contributed by atoms with van der Waals surface area (Å²) in [6.45, 7) is 7.81. The number of fused-ring (bicyclic) bond motifs is 1. The van der Waals surface area contributed by atoms with Gasteiger partial charge in [-0.2, -0.15) is 0 Å². The molecule has 3 aromatic rings. The Balaban J connectivity index is 1.78. The number of sulfonamides is 1. The van der Waals surface area contributed by atoms with E-state index < -0.39 is 10.0 Å². The second kappa shape index (κ2) is 8.05. The van der Waals surface area contributed by atoms with Gasteiger partial charge in [0.15, 0.2) is 0 Å². The van der Waals surface area contributed by atoms with Crippen LogP contribution >= 0.6 is 0 Å². The Morgan fingerprint density at radius 2 is 1.55 bits per heavy atom. The minimum Gasteiger partial charge on any atom is -0.368 e. The predicted molar refractivity (Wildman–Crippen MR) is 120 cm³/mol. The third-order valence-corrected chi connectivity index (χ3v) is 6.86. The Morgan fingerprint density at radius 1 is 0.897 bits per heavy atom. The SMILES string of the molecule is CC(C)c1ccccc1NS(=O)(=O)c1ccc(N2CCNCC2)c2ccccc12. The molecule has 0 amide bonds. The van der Waals surface area contributed by atoms with Crippen LogP contribution in [0.2, 0.25) is 0 Å². The molecule has 0 saturated carbocycles. The van der Waals surface area contributed by atoms with Crippen LogP contribution in [0.1, 0.15) is 25.3 Å². The number of anilines is 2. The second-order valence-corrected chi connectivity index (χ2v) is 9.36. The molecule has 0 radical (unpaired) electrons. The molecule has 1 saturated heterocycles. The first kappa shape index (κ1) is 19.7. The normalized spacial score (nSPS) is 15.1. The summed E-state index contributed by atoms with van der Waals surface area (Å²) >= 11 is 0. The first-order valence-electron chi connectivity index (χ1n) is 10.1. The van der Waals surface area contributed by atoms with Crippen molar-refractivity contribution in [2.45, 2.75) is 24.7 Å². The van der Waals surface area contributed by atoms with Crippen molar-refractivity contribution in [3.63, 3.8) is 0 Å². The molecule has 0 aromatic heterocycles. The zero-order valence-corrected chi connectivity index (χ0v) is 17.7. The first-order chi connectivity index (χ1) is 14.0. The summed E-state index contributed by atoms with van der Waals surface area (Å²) in [6.07, 6.45) is 0. The Bertz CT molecular complexity index is 1120. The minimum absolute atomic E-state index is 0.223. The van der Waals surface area contributed by atoms with Gasteiger partial charge in [0.2, 0.25) is 0 Å². The summed E-state index contributed by atoms with van der Waals surface area (Å²) in [6, 6.07) is 19.0. The van der Waals surface area contributed by atoms with Gasteiger partial charge in [-0.25, -0.2) is 8.42 Å². The highest BCUT2D eigenvalue weighted by atomic mass is 32.2. The highest BCUT2D eigenvalue weighted by Crippen LogP contribution is 2.34. The fourth-order valence-electron chi connectivity index (χ4n) is 3.96. The van der Waals surface area contributed by atoms with E-state index in [9.17, 15) is 8.42 Å². The number of nitrogens with one attached hydrogen (secondary N) is 2. The van der Waals surface area contributed by atoms with Crippen LogP contribution in [0, 0.1) is 0 Å². The molecule has 29 heavy (non-hydrogen) atoms. The maximum atomic E-state index is 13.3. The maximum absolute atomic E-state index is 13.3. The second-order valence-electron chi connectivity index (χ2n) is 7.71. The number of nitrogens with zero attached hydrogens (tertiary/aromatic N) is 1. The lowest BCUT2D eigenvalue weighted by molar-refractivity contribution is 0.590. The van der Waals surface area contributed by atoms with Crippen molar-refractivity contribution in [3.05, 3.63) is 66.2 Å². The number of benzene rings is 3. The van der Waals surface area contributed by atoms with Gasteiger partial charge >= 0.3 is 0 Å². The van der Waals surface area contributed by atoms with Crippen LogP contribution in [0.5, 0.6) is 0 Å². The Kier molecular flexibility index (Phi) is 5.48. The predicted octanol–water partition coefficient (Wildman–Crippen LogP) is 4.17. The van der Waals surface area contributed by atoms with Gasteiger partial charge in [0.25, 0.3) is 10.0 Å². The van der Waals surface area contributed by atoms with Crippen LogP contribution in [0.25, 0.3) is 10.8 Å². The summed E-state index contributed by atoms with van der Waals surface area (Å²) in [5, 5.41) is 5.08. The standard InChI is InChI=1S/C23H27N3O2S/c1-17(2)18-7-5-6-10-21(18)25-29(27,28)23-12-11-22(26-15-13-24-14-16-26)19-8-3-4-9-20(19)23/h3-12,17,24-25H,13-16H2,1-2H3. The van der Waals surface area contributed by atoms with Gasteiger partial charge in [-0.3, -0.25) is 4.72 Å². The van der Waals surface area contributed by atoms with Crippen LogP contribution in [0.15, 0.2) is 65.6 Å². The van der Waals surface area contributed by atoms with Crippen LogP contribution in [-0.2, 0) is 10.0 Å². The van der Waals surface area contributed by atoms with Gasteiger partial charge in [-0.1, -0.05) is 56.3 Å². The van der Waals surface area contributed by atoms with E-state index >= 15 is 0 Å². The van der Waals surface area contributed by atoms with E-state index in [4.69, 9.17) is 0 Å². The zero-order chi connectivity index (χ0) is 20.4. The lowest BCUT2D eigenvalue weighted by Gasteiger charge is -2.30. The third kappa shape index (κ3) is 3.95. The van der Waals surface area contributed by atoms with Crippen molar-refractivity contribution in [1.82, 2.24) is 5.32 Å². The molecule has 4 rings (SSSR count). The molecule has 1 fully saturated rings. The van der Waals surface area contributed by atoms with E-state index in [1.165, 1.54) is 0 Å².